The molecular weight excluding hydrogens is 224 g/mol. The van der Waals surface area contributed by atoms with Gasteiger partial charge in [0.1, 0.15) is 5.76 Å². The molecule has 100 valence electrons. The summed E-state index contributed by atoms with van der Waals surface area (Å²) < 4.78 is 5.53. The molecule has 0 bridgehead atoms. The van der Waals surface area contributed by atoms with E-state index in [0.717, 1.165) is 24.9 Å². The molecule has 2 atom stereocenters. The first-order valence-electron chi connectivity index (χ1n) is 7.36. The predicted molar refractivity (Wildman–Crippen MR) is 72.1 cm³/mol. The Hall–Kier alpha value is -0.800. The van der Waals surface area contributed by atoms with E-state index in [4.69, 9.17) is 10.2 Å². The second-order valence-electron chi connectivity index (χ2n) is 5.83. The summed E-state index contributed by atoms with van der Waals surface area (Å²) in [5, 5.41) is 0. The average molecular weight is 248 g/mol. The lowest BCUT2D eigenvalue weighted by Crippen LogP contribution is -2.45. The van der Waals surface area contributed by atoms with Crippen LogP contribution >= 0.6 is 0 Å². The van der Waals surface area contributed by atoms with Crippen LogP contribution in [0.15, 0.2) is 22.8 Å². The third-order valence-electron chi connectivity index (χ3n) is 4.53. The van der Waals surface area contributed by atoms with Crippen LogP contribution in [0.3, 0.4) is 0 Å². The summed E-state index contributed by atoms with van der Waals surface area (Å²) >= 11 is 0. The minimum absolute atomic E-state index is 0.682. The fourth-order valence-corrected chi connectivity index (χ4v) is 3.41. The number of rotatable bonds is 5. The molecule has 1 aromatic heterocycles. The van der Waals surface area contributed by atoms with Crippen LogP contribution in [0.5, 0.6) is 0 Å². The number of nitrogens with zero attached hydrogens (tertiary/aromatic N) is 1. The van der Waals surface area contributed by atoms with Gasteiger partial charge in [-0.1, -0.05) is 12.8 Å². The van der Waals surface area contributed by atoms with Crippen molar-refractivity contribution in [3.05, 3.63) is 24.2 Å². The molecule has 0 saturated heterocycles. The monoisotopic (exact) mass is 248 g/mol. The summed E-state index contributed by atoms with van der Waals surface area (Å²) in [5.74, 6) is 1.79. The Balaban J connectivity index is 1.71. The van der Waals surface area contributed by atoms with E-state index in [9.17, 15) is 0 Å². The molecule has 3 rings (SSSR count). The van der Waals surface area contributed by atoms with Crippen molar-refractivity contribution in [3.8, 4) is 0 Å². The van der Waals surface area contributed by atoms with Crippen LogP contribution in [0, 0.1) is 5.92 Å². The highest BCUT2D eigenvalue weighted by Crippen LogP contribution is 2.37. The molecule has 2 unspecified atom stereocenters. The van der Waals surface area contributed by atoms with Crippen molar-refractivity contribution >= 4 is 0 Å². The molecule has 0 amide bonds. The lowest BCUT2D eigenvalue weighted by molar-refractivity contribution is 0.0852. The van der Waals surface area contributed by atoms with Gasteiger partial charge in [0.05, 0.1) is 12.8 Å². The van der Waals surface area contributed by atoms with Gasteiger partial charge in [-0.25, -0.2) is 0 Å². The van der Waals surface area contributed by atoms with Gasteiger partial charge in [-0.3, -0.25) is 4.90 Å². The van der Waals surface area contributed by atoms with Crippen molar-refractivity contribution in [2.75, 3.05) is 6.54 Å². The molecule has 2 aliphatic rings. The molecule has 2 saturated carbocycles. The van der Waals surface area contributed by atoms with Gasteiger partial charge in [-0.2, -0.15) is 0 Å². The van der Waals surface area contributed by atoms with Crippen molar-refractivity contribution in [2.45, 2.75) is 57.2 Å². The predicted octanol–water partition coefficient (Wildman–Crippen LogP) is 2.76. The van der Waals surface area contributed by atoms with Crippen LogP contribution in [-0.2, 0) is 6.54 Å². The highest BCUT2D eigenvalue weighted by molar-refractivity contribution is 5.02. The van der Waals surface area contributed by atoms with Crippen LogP contribution in [0.1, 0.15) is 44.3 Å². The molecule has 2 aliphatic carbocycles. The van der Waals surface area contributed by atoms with Gasteiger partial charge in [0, 0.05) is 12.1 Å². The summed E-state index contributed by atoms with van der Waals surface area (Å²) in [6, 6.07) is 5.55. The van der Waals surface area contributed by atoms with Crippen molar-refractivity contribution in [1.29, 1.82) is 0 Å². The molecule has 0 aliphatic heterocycles. The van der Waals surface area contributed by atoms with E-state index in [-0.39, 0.29) is 0 Å². The topological polar surface area (TPSA) is 42.4 Å². The third kappa shape index (κ3) is 2.62. The molecule has 2 N–H and O–H groups in total. The van der Waals surface area contributed by atoms with E-state index in [1.165, 1.54) is 38.5 Å². The van der Waals surface area contributed by atoms with Crippen LogP contribution in [0.4, 0.5) is 0 Å². The lowest BCUT2D eigenvalue weighted by atomic mass is 9.83. The Labute approximate surface area is 109 Å². The fourth-order valence-electron chi connectivity index (χ4n) is 3.41. The Kier molecular flexibility index (Phi) is 3.71. The molecule has 3 nitrogen and oxygen atoms in total. The summed E-state index contributed by atoms with van der Waals surface area (Å²) in [4.78, 5) is 2.68. The zero-order valence-corrected chi connectivity index (χ0v) is 11.1. The highest BCUT2D eigenvalue weighted by Gasteiger charge is 2.38. The fraction of sp³-hybridized carbons (Fsp3) is 0.733. The number of hydrogen-bond donors (Lipinski definition) is 1. The SMILES string of the molecule is NCC1CCCCC1N(Cc1ccco1)C1CC1. The molecule has 1 heterocycles. The minimum Gasteiger partial charge on any atom is -0.468 e. The molecule has 1 aromatic rings. The summed E-state index contributed by atoms with van der Waals surface area (Å²) in [5.41, 5.74) is 5.98. The van der Waals surface area contributed by atoms with E-state index < -0.39 is 0 Å². The van der Waals surface area contributed by atoms with Crippen molar-refractivity contribution < 1.29 is 4.42 Å². The first-order valence-corrected chi connectivity index (χ1v) is 7.36. The van der Waals surface area contributed by atoms with E-state index in [0.29, 0.717) is 12.0 Å². The van der Waals surface area contributed by atoms with Crippen LogP contribution in [0.25, 0.3) is 0 Å². The van der Waals surface area contributed by atoms with Gasteiger partial charge in [0.15, 0.2) is 0 Å². The minimum atomic E-state index is 0.682. The third-order valence-corrected chi connectivity index (χ3v) is 4.53. The molecule has 0 radical (unpaired) electrons. The quantitative estimate of drug-likeness (QED) is 0.871. The Morgan fingerprint density at radius 3 is 2.72 bits per heavy atom. The molecule has 3 heteroatoms. The maximum absolute atomic E-state index is 5.98. The van der Waals surface area contributed by atoms with Gasteiger partial charge >= 0.3 is 0 Å². The zero-order valence-electron chi connectivity index (χ0n) is 11.1. The Morgan fingerprint density at radius 2 is 2.06 bits per heavy atom. The summed E-state index contributed by atoms with van der Waals surface area (Å²) in [6.45, 7) is 1.81. The van der Waals surface area contributed by atoms with Crippen molar-refractivity contribution in [3.63, 3.8) is 0 Å². The van der Waals surface area contributed by atoms with Crippen LogP contribution in [0.2, 0.25) is 0 Å². The van der Waals surface area contributed by atoms with Gasteiger partial charge in [-0.05, 0) is 50.3 Å². The standard InChI is InChI=1S/C15H24N2O/c16-10-12-4-1-2-6-15(12)17(13-7-8-13)11-14-5-3-9-18-14/h3,5,9,12-13,15H,1-2,4,6-8,10-11,16H2. The second kappa shape index (κ2) is 5.45. The summed E-state index contributed by atoms with van der Waals surface area (Å²) in [7, 11) is 0. The Bertz CT molecular complexity index is 359. The molecule has 18 heavy (non-hydrogen) atoms. The molecule has 2 fully saturated rings. The van der Waals surface area contributed by atoms with E-state index in [2.05, 4.69) is 11.0 Å². The first-order chi connectivity index (χ1) is 8.88. The highest BCUT2D eigenvalue weighted by atomic mass is 16.3. The smallest absolute Gasteiger partial charge is 0.117 e. The molecular formula is C15H24N2O. The average Bonchev–Trinajstić information content (AvgIpc) is 3.13. The first kappa shape index (κ1) is 12.2. The van der Waals surface area contributed by atoms with Crippen LogP contribution in [-0.4, -0.2) is 23.5 Å². The van der Waals surface area contributed by atoms with Gasteiger partial charge in [0.25, 0.3) is 0 Å². The number of nitrogens with two attached hydrogens (primary N) is 1. The maximum atomic E-state index is 5.98. The van der Waals surface area contributed by atoms with E-state index in [1.807, 2.05) is 6.07 Å². The largest absolute Gasteiger partial charge is 0.468 e. The van der Waals surface area contributed by atoms with Gasteiger partial charge < -0.3 is 10.2 Å². The van der Waals surface area contributed by atoms with Gasteiger partial charge in [-0.15, -0.1) is 0 Å². The molecule has 0 aromatic carbocycles. The van der Waals surface area contributed by atoms with Crippen molar-refractivity contribution in [2.24, 2.45) is 11.7 Å². The van der Waals surface area contributed by atoms with Crippen LogP contribution < -0.4 is 5.73 Å². The van der Waals surface area contributed by atoms with Gasteiger partial charge in [0.2, 0.25) is 0 Å². The maximum Gasteiger partial charge on any atom is 0.117 e. The zero-order chi connectivity index (χ0) is 12.4. The number of hydrogen-bond acceptors (Lipinski definition) is 3. The molecule has 0 spiro atoms. The van der Waals surface area contributed by atoms with Crippen molar-refractivity contribution in [1.82, 2.24) is 4.90 Å². The Morgan fingerprint density at radius 1 is 1.22 bits per heavy atom. The van der Waals surface area contributed by atoms with E-state index >= 15 is 0 Å². The second-order valence-corrected chi connectivity index (χ2v) is 5.83. The van der Waals surface area contributed by atoms with E-state index in [1.54, 1.807) is 6.26 Å². The lowest BCUT2D eigenvalue weighted by Gasteiger charge is -2.39. The number of furan rings is 1. The normalized spacial score (nSPS) is 28.8. The summed E-state index contributed by atoms with van der Waals surface area (Å²) in [6.07, 6.45) is 9.84.